The third-order valence-electron chi connectivity index (χ3n) is 5.23. The SMILES string of the molecule is CC(=O)N/C(=C\c1ccccc1)C(=O)N1CC[C@H]2CCCC[C@@H]2C1. The van der Waals surface area contributed by atoms with Crippen molar-refractivity contribution >= 4 is 17.9 Å². The van der Waals surface area contributed by atoms with E-state index in [9.17, 15) is 9.59 Å². The summed E-state index contributed by atoms with van der Waals surface area (Å²) < 4.78 is 0. The molecule has 2 aliphatic rings. The number of benzene rings is 1. The van der Waals surface area contributed by atoms with Gasteiger partial charge < -0.3 is 10.2 Å². The molecule has 1 saturated carbocycles. The Kier molecular flexibility index (Phi) is 5.34. The highest BCUT2D eigenvalue weighted by Crippen LogP contribution is 2.36. The van der Waals surface area contributed by atoms with E-state index in [2.05, 4.69) is 5.32 Å². The monoisotopic (exact) mass is 326 g/mol. The molecule has 0 unspecified atom stereocenters. The average Bonchev–Trinajstić information content (AvgIpc) is 2.60. The van der Waals surface area contributed by atoms with Gasteiger partial charge in [-0.25, -0.2) is 0 Å². The van der Waals surface area contributed by atoms with Crippen LogP contribution in [0.5, 0.6) is 0 Å². The number of likely N-dealkylation sites (tertiary alicyclic amines) is 1. The summed E-state index contributed by atoms with van der Waals surface area (Å²) >= 11 is 0. The van der Waals surface area contributed by atoms with Crippen LogP contribution in [0.25, 0.3) is 6.08 Å². The standard InChI is InChI=1S/C20H26N2O2/c1-15(23)21-19(13-16-7-3-2-4-8-16)20(24)22-12-11-17-9-5-6-10-18(17)14-22/h2-4,7-8,13,17-18H,5-6,9-12,14H2,1H3,(H,21,23)/b19-13-/t17-,18-/m1/s1. The fourth-order valence-electron chi connectivity index (χ4n) is 4.01. The molecule has 3 rings (SSSR count). The van der Waals surface area contributed by atoms with Gasteiger partial charge >= 0.3 is 0 Å². The van der Waals surface area contributed by atoms with Crippen molar-refractivity contribution in [3.05, 3.63) is 41.6 Å². The first-order chi connectivity index (χ1) is 11.6. The number of amides is 2. The molecule has 2 fully saturated rings. The molecule has 0 spiro atoms. The number of carbonyl (C=O) groups is 2. The number of hydrogen-bond acceptors (Lipinski definition) is 2. The van der Waals surface area contributed by atoms with E-state index in [4.69, 9.17) is 0 Å². The van der Waals surface area contributed by atoms with Crippen LogP contribution in [0, 0.1) is 11.8 Å². The Morgan fingerprint density at radius 3 is 2.50 bits per heavy atom. The van der Waals surface area contributed by atoms with E-state index >= 15 is 0 Å². The number of rotatable bonds is 3. The lowest BCUT2D eigenvalue weighted by atomic mass is 9.75. The lowest BCUT2D eigenvalue weighted by molar-refractivity contribution is -0.132. The van der Waals surface area contributed by atoms with Crippen molar-refractivity contribution in [3.8, 4) is 0 Å². The molecule has 1 heterocycles. The Morgan fingerprint density at radius 2 is 1.79 bits per heavy atom. The molecule has 128 valence electrons. The fourth-order valence-corrected chi connectivity index (χ4v) is 4.01. The fraction of sp³-hybridized carbons (Fsp3) is 0.500. The van der Waals surface area contributed by atoms with Gasteiger partial charge in [0.15, 0.2) is 0 Å². The molecule has 2 atom stereocenters. The Hall–Kier alpha value is -2.10. The molecule has 1 N–H and O–H groups in total. The minimum Gasteiger partial charge on any atom is -0.337 e. The second-order valence-corrected chi connectivity index (χ2v) is 6.99. The molecule has 1 aromatic carbocycles. The van der Waals surface area contributed by atoms with Gasteiger partial charge in [0.1, 0.15) is 5.70 Å². The maximum absolute atomic E-state index is 13.0. The highest BCUT2D eigenvalue weighted by Gasteiger charge is 2.33. The van der Waals surface area contributed by atoms with Gasteiger partial charge in [-0.15, -0.1) is 0 Å². The minimum atomic E-state index is -0.210. The summed E-state index contributed by atoms with van der Waals surface area (Å²) in [5.74, 6) is 1.15. The van der Waals surface area contributed by atoms with Crippen LogP contribution in [0.15, 0.2) is 36.0 Å². The predicted molar refractivity (Wildman–Crippen MR) is 94.9 cm³/mol. The quantitative estimate of drug-likeness (QED) is 0.867. The zero-order valence-corrected chi connectivity index (χ0v) is 14.3. The number of piperidine rings is 1. The maximum atomic E-state index is 13.0. The van der Waals surface area contributed by atoms with Gasteiger partial charge in [-0.3, -0.25) is 9.59 Å². The third-order valence-corrected chi connectivity index (χ3v) is 5.23. The Morgan fingerprint density at radius 1 is 1.08 bits per heavy atom. The molecule has 0 radical (unpaired) electrons. The topological polar surface area (TPSA) is 49.4 Å². The Labute approximate surface area is 143 Å². The molecule has 0 bridgehead atoms. The normalized spacial score (nSPS) is 24.2. The van der Waals surface area contributed by atoms with Gasteiger partial charge in [0.05, 0.1) is 0 Å². The molecule has 1 aliphatic carbocycles. The van der Waals surface area contributed by atoms with Crippen molar-refractivity contribution < 1.29 is 9.59 Å². The van der Waals surface area contributed by atoms with Crippen LogP contribution in [0.3, 0.4) is 0 Å². The molecular formula is C20H26N2O2. The van der Waals surface area contributed by atoms with E-state index in [0.717, 1.165) is 31.0 Å². The molecule has 1 aromatic rings. The van der Waals surface area contributed by atoms with Crippen molar-refractivity contribution in [2.24, 2.45) is 11.8 Å². The highest BCUT2D eigenvalue weighted by molar-refractivity contribution is 6.01. The zero-order chi connectivity index (χ0) is 16.9. The van der Waals surface area contributed by atoms with Gasteiger partial charge in [0.25, 0.3) is 5.91 Å². The van der Waals surface area contributed by atoms with Crippen molar-refractivity contribution in [3.63, 3.8) is 0 Å². The van der Waals surface area contributed by atoms with Crippen LogP contribution in [0.1, 0.15) is 44.6 Å². The summed E-state index contributed by atoms with van der Waals surface area (Å²) in [7, 11) is 0. The number of hydrogen-bond donors (Lipinski definition) is 1. The molecule has 4 heteroatoms. The van der Waals surface area contributed by atoms with Crippen LogP contribution >= 0.6 is 0 Å². The molecule has 1 aliphatic heterocycles. The van der Waals surface area contributed by atoms with Gasteiger partial charge in [-0.05, 0) is 36.3 Å². The van der Waals surface area contributed by atoms with E-state index in [1.807, 2.05) is 35.2 Å². The Bertz CT molecular complexity index is 624. The summed E-state index contributed by atoms with van der Waals surface area (Å²) in [6, 6.07) is 9.65. The number of carbonyl (C=O) groups excluding carboxylic acids is 2. The summed E-state index contributed by atoms with van der Waals surface area (Å²) in [6.45, 7) is 3.07. The smallest absolute Gasteiger partial charge is 0.270 e. The van der Waals surface area contributed by atoms with E-state index < -0.39 is 0 Å². The van der Waals surface area contributed by atoms with E-state index in [0.29, 0.717) is 11.6 Å². The number of fused-ring (bicyclic) bond motifs is 1. The van der Waals surface area contributed by atoms with Crippen molar-refractivity contribution in [2.45, 2.75) is 39.0 Å². The first-order valence-electron chi connectivity index (χ1n) is 8.97. The van der Waals surface area contributed by atoms with Crippen molar-refractivity contribution in [2.75, 3.05) is 13.1 Å². The average molecular weight is 326 g/mol. The second-order valence-electron chi connectivity index (χ2n) is 6.99. The first-order valence-corrected chi connectivity index (χ1v) is 8.97. The molecule has 1 saturated heterocycles. The highest BCUT2D eigenvalue weighted by atomic mass is 16.2. The molecule has 0 aromatic heterocycles. The second kappa shape index (κ2) is 7.65. The molecule has 2 amide bonds. The van der Waals surface area contributed by atoms with E-state index in [1.165, 1.54) is 32.6 Å². The van der Waals surface area contributed by atoms with Gasteiger partial charge in [0.2, 0.25) is 5.91 Å². The van der Waals surface area contributed by atoms with Gasteiger partial charge in [-0.1, -0.05) is 49.6 Å². The lowest BCUT2D eigenvalue weighted by Gasteiger charge is -2.41. The van der Waals surface area contributed by atoms with E-state index in [1.54, 1.807) is 6.08 Å². The molecule has 4 nitrogen and oxygen atoms in total. The summed E-state index contributed by atoms with van der Waals surface area (Å²) in [5.41, 5.74) is 1.30. The molecule has 24 heavy (non-hydrogen) atoms. The number of nitrogens with one attached hydrogen (secondary N) is 1. The maximum Gasteiger partial charge on any atom is 0.270 e. The largest absolute Gasteiger partial charge is 0.337 e. The van der Waals surface area contributed by atoms with Crippen molar-refractivity contribution in [1.29, 1.82) is 0 Å². The van der Waals surface area contributed by atoms with Crippen LogP contribution in [0.2, 0.25) is 0 Å². The predicted octanol–water partition coefficient (Wildman–Crippen LogP) is 3.20. The van der Waals surface area contributed by atoms with Gasteiger partial charge in [-0.2, -0.15) is 0 Å². The van der Waals surface area contributed by atoms with E-state index in [-0.39, 0.29) is 11.8 Å². The van der Waals surface area contributed by atoms with Gasteiger partial charge in [0, 0.05) is 20.0 Å². The van der Waals surface area contributed by atoms with Crippen LogP contribution in [0.4, 0.5) is 0 Å². The van der Waals surface area contributed by atoms with Crippen LogP contribution < -0.4 is 5.32 Å². The molecular weight excluding hydrogens is 300 g/mol. The third kappa shape index (κ3) is 4.05. The summed E-state index contributed by atoms with van der Waals surface area (Å²) in [6.07, 6.45) is 8.02. The summed E-state index contributed by atoms with van der Waals surface area (Å²) in [4.78, 5) is 26.4. The number of nitrogens with zero attached hydrogens (tertiary/aromatic N) is 1. The minimum absolute atomic E-state index is 0.0573. The Balaban J connectivity index is 1.76. The van der Waals surface area contributed by atoms with Crippen LogP contribution in [-0.4, -0.2) is 29.8 Å². The zero-order valence-electron chi connectivity index (χ0n) is 14.3. The summed E-state index contributed by atoms with van der Waals surface area (Å²) in [5, 5.41) is 2.73. The first kappa shape index (κ1) is 16.7. The van der Waals surface area contributed by atoms with Crippen LogP contribution in [-0.2, 0) is 9.59 Å². The van der Waals surface area contributed by atoms with Crippen molar-refractivity contribution in [1.82, 2.24) is 10.2 Å². The lowest BCUT2D eigenvalue weighted by Crippen LogP contribution is -2.47.